The maximum absolute atomic E-state index is 13.1. The molecule has 0 atom stereocenters. The lowest BCUT2D eigenvalue weighted by Crippen LogP contribution is -2.57. The summed E-state index contributed by atoms with van der Waals surface area (Å²) in [6.45, 7) is 0. The van der Waals surface area contributed by atoms with E-state index in [4.69, 9.17) is 21.7 Å². The smallest absolute Gasteiger partial charge is 0.276 e. The van der Waals surface area contributed by atoms with E-state index in [0.29, 0.717) is 16.6 Å². The van der Waals surface area contributed by atoms with Gasteiger partial charge >= 0.3 is 0 Å². The van der Waals surface area contributed by atoms with E-state index in [0.717, 1.165) is 46.8 Å². The Kier molecular flexibility index (Phi) is 4.40. The first-order valence-electron chi connectivity index (χ1n) is 9.42. The Labute approximate surface area is 172 Å². The summed E-state index contributed by atoms with van der Waals surface area (Å²) in [4.78, 5) is 18.1. The van der Waals surface area contributed by atoms with Crippen molar-refractivity contribution < 1.29 is 4.79 Å². The lowest BCUT2D eigenvalue weighted by Gasteiger charge is -2.41. The third-order valence-corrected chi connectivity index (χ3v) is 6.73. The highest BCUT2D eigenvalue weighted by atomic mass is 35.5. The average molecular weight is 411 g/mol. The summed E-state index contributed by atoms with van der Waals surface area (Å²) < 4.78 is 0. The second-order valence-corrected chi connectivity index (χ2v) is 8.59. The van der Waals surface area contributed by atoms with Crippen LogP contribution in [0.2, 0.25) is 5.02 Å². The van der Waals surface area contributed by atoms with Gasteiger partial charge in [-0.05, 0) is 43.4 Å². The molecule has 0 radical (unpaired) electrons. The number of carbonyl (C=O) groups excluding carboxylic acids is 1. The van der Waals surface area contributed by atoms with Crippen molar-refractivity contribution in [3.63, 3.8) is 0 Å². The maximum atomic E-state index is 13.1. The molecule has 0 aromatic heterocycles. The monoisotopic (exact) mass is 410 g/mol. The number of amidine groups is 1. The third kappa shape index (κ3) is 2.91. The Balaban J connectivity index is 1.55. The molecule has 0 bridgehead atoms. The molecular weight excluding hydrogens is 392 g/mol. The molecule has 3 aliphatic rings. The van der Waals surface area contributed by atoms with E-state index >= 15 is 0 Å². The van der Waals surface area contributed by atoms with Gasteiger partial charge in [0.15, 0.2) is 10.8 Å². The van der Waals surface area contributed by atoms with E-state index in [1.54, 1.807) is 0 Å². The van der Waals surface area contributed by atoms with Crippen LogP contribution in [-0.4, -0.2) is 21.7 Å². The van der Waals surface area contributed by atoms with Gasteiger partial charge in [-0.2, -0.15) is 0 Å². The molecule has 5 rings (SSSR count). The first kappa shape index (κ1) is 17.8. The normalized spacial score (nSPS) is 19.6. The summed E-state index contributed by atoms with van der Waals surface area (Å²) in [5.41, 5.74) is 1.18. The average Bonchev–Trinajstić information content (AvgIpc) is 3.16. The van der Waals surface area contributed by atoms with Crippen LogP contribution in [0.4, 0.5) is 0 Å². The van der Waals surface area contributed by atoms with Crippen molar-refractivity contribution >= 4 is 40.1 Å². The van der Waals surface area contributed by atoms with Crippen molar-refractivity contribution in [3.8, 4) is 0 Å². The second-order valence-electron chi connectivity index (χ2n) is 7.22. The number of hydrogen-bond acceptors (Lipinski definition) is 5. The predicted molar refractivity (Wildman–Crippen MR) is 112 cm³/mol. The molecule has 28 heavy (non-hydrogen) atoms. The standard InChI is InChI=1S/C21H19ClN4OS/c22-16-9-3-1-7-14(16)13-28-20-23-19(27)18-15-8-2-4-10-17(15)24-21(26(18)25-20)11-5-6-12-21/h1-4,7-10H,5-6,11-13H2,(H,23,25,27). The van der Waals surface area contributed by atoms with Gasteiger partial charge < -0.3 is 0 Å². The van der Waals surface area contributed by atoms with E-state index in [2.05, 4.69) is 5.32 Å². The SMILES string of the molecule is O=C1NC(SCc2ccccc2Cl)=NN2C1=c1ccccc1=NC21CCCC1. The largest absolute Gasteiger partial charge is 0.298 e. The van der Waals surface area contributed by atoms with Crippen LogP contribution in [0.3, 0.4) is 0 Å². The highest BCUT2D eigenvalue weighted by Gasteiger charge is 2.46. The van der Waals surface area contributed by atoms with Crippen molar-refractivity contribution in [3.05, 3.63) is 69.7 Å². The van der Waals surface area contributed by atoms with Gasteiger partial charge in [0.1, 0.15) is 5.70 Å². The number of nitrogens with one attached hydrogen (secondary N) is 1. The zero-order valence-corrected chi connectivity index (χ0v) is 16.8. The molecule has 1 saturated carbocycles. The highest BCUT2D eigenvalue weighted by molar-refractivity contribution is 8.13. The fourth-order valence-electron chi connectivity index (χ4n) is 4.09. The summed E-state index contributed by atoms with van der Waals surface area (Å²) >= 11 is 7.75. The highest BCUT2D eigenvalue weighted by Crippen LogP contribution is 2.41. The van der Waals surface area contributed by atoms with Crippen LogP contribution in [0.1, 0.15) is 31.2 Å². The van der Waals surface area contributed by atoms with Gasteiger partial charge in [-0.3, -0.25) is 15.1 Å². The molecule has 0 saturated heterocycles. The minimum Gasteiger partial charge on any atom is -0.298 e. The maximum Gasteiger partial charge on any atom is 0.276 e. The number of hydrazone groups is 1. The minimum atomic E-state index is -0.447. The van der Waals surface area contributed by atoms with Gasteiger partial charge in [0.05, 0.1) is 5.36 Å². The van der Waals surface area contributed by atoms with Gasteiger partial charge in [-0.15, -0.1) is 5.10 Å². The fourth-order valence-corrected chi connectivity index (χ4v) is 5.22. The summed E-state index contributed by atoms with van der Waals surface area (Å²) in [5.74, 6) is 0.521. The molecule has 1 spiro atoms. The molecule has 2 heterocycles. The zero-order valence-electron chi connectivity index (χ0n) is 15.2. The van der Waals surface area contributed by atoms with Crippen molar-refractivity contribution in [2.24, 2.45) is 10.1 Å². The first-order chi connectivity index (χ1) is 13.7. The van der Waals surface area contributed by atoms with Crippen molar-refractivity contribution in [2.45, 2.75) is 37.1 Å². The van der Waals surface area contributed by atoms with Gasteiger partial charge in [0, 0.05) is 16.0 Å². The van der Waals surface area contributed by atoms with Crippen molar-refractivity contribution in [2.75, 3.05) is 0 Å². The molecule has 5 nitrogen and oxygen atoms in total. The zero-order chi connectivity index (χ0) is 19.1. The van der Waals surface area contributed by atoms with E-state index in [9.17, 15) is 4.79 Å². The summed E-state index contributed by atoms with van der Waals surface area (Å²) in [5, 5.41) is 12.7. The number of nitrogens with zero attached hydrogens (tertiary/aromatic N) is 3. The number of para-hydroxylation sites is 1. The van der Waals surface area contributed by atoms with E-state index < -0.39 is 5.66 Å². The molecule has 2 aromatic rings. The lowest BCUT2D eigenvalue weighted by molar-refractivity contribution is -0.116. The number of benzene rings is 2. The number of halogens is 1. The molecule has 2 aromatic carbocycles. The van der Waals surface area contributed by atoms with Crippen molar-refractivity contribution in [1.82, 2.24) is 10.3 Å². The summed E-state index contributed by atoms with van der Waals surface area (Å²) in [6.07, 6.45) is 4.00. The first-order valence-corrected chi connectivity index (χ1v) is 10.8. The lowest BCUT2D eigenvalue weighted by atomic mass is 10.0. The quantitative estimate of drug-likeness (QED) is 0.828. The van der Waals surface area contributed by atoms with Gasteiger partial charge in [-0.25, -0.2) is 5.01 Å². The molecule has 7 heteroatoms. The number of rotatable bonds is 2. The van der Waals surface area contributed by atoms with Crippen LogP contribution in [0.15, 0.2) is 58.6 Å². The van der Waals surface area contributed by atoms with Crippen molar-refractivity contribution in [1.29, 1.82) is 0 Å². The second kappa shape index (κ2) is 6.94. The van der Waals surface area contributed by atoms with E-state index in [1.807, 2.05) is 53.5 Å². The van der Waals surface area contributed by atoms with Gasteiger partial charge in [0.25, 0.3) is 5.91 Å². The van der Waals surface area contributed by atoms with Crippen LogP contribution < -0.4 is 15.9 Å². The van der Waals surface area contributed by atoms with E-state index in [1.165, 1.54) is 11.8 Å². The van der Waals surface area contributed by atoms with Gasteiger partial charge in [0.2, 0.25) is 0 Å². The Morgan fingerprint density at radius 2 is 1.86 bits per heavy atom. The topological polar surface area (TPSA) is 57.1 Å². The Morgan fingerprint density at radius 1 is 1.11 bits per heavy atom. The summed E-state index contributed by atoms with van der Waals surface area (Å²) in [6, 6.07) is 15.6. The van der Waals surface area contributed by atoms with Crippen LogP contribution >= 0.6 is 23.4 Å². The number of carbonyl (C=O) groups is 1. The Morgan fingerprint density at radius 3 is 2.68 bits per heavy atom. The predicted octanol–water partition coefficient (Wildman–Crippen LogP) is 2.99. The van der Waals surface area contributed by atoms with Crippen LogP contribution in [0.25, 0.3) is 5.70 Å². The molecule has 1 amide bonds. The van der Waals surface area contributed by atoms with Crippen LogP contribution in [-0.2, 0) is 10.5 Å². The molecule has 1 aliphatic carbocycles. The van der Waals surface area contributed by atoms with Crippen LogP contribution in [0, 0.1) is 0 Å². The molecular formula is C21H19ClN4OS. The van der Waals surface area contributed by atoms with E-state index in [-0.39, 0.29) is 5.91 Å². The Bertz CT molecular complexity index is 1110. The molecule has 1 N–H and O–H groups in total. The molecule has 2 aliphatic heterocycles. The number of thioether (sulfide) groups is 1. The number of hydrogen-bond donors (Lipinski definition) is 1. The number of fused-ring (bicyclic) bond motifs is 3. The third-order valence-electron chi connectivity index (χ3n) is 5.45. The van der Waals surface area contributed by atoms with Crippen LogP contribution in [0.5, 0.6) is 0 Å². The number of amides is 1. The Hall–Kier alpha value is -2.31. The summed E-state index contributed by atoms with van der Waals surface area (Å²) in [7, 11) is 0. The fraction of sp³-hybridized carbons (Fsp3) is 0.286. The molecule has 1 fully saturated rings. The molecule has 142 valence electrons. The van der Waals surface area contributed by atoms with Gasteiger partial charge in [-0.1, -0.05) is 59.8 Å². The minimum absolute atomic E-state index is 0.120. The molecule has 0 unspecified atom stereocenters.